The van der Waals surface area contributed by atoms with E-state index in [0.29, 0.717) is 5.41 Å². The van der Waals surface area contributed by atoms with Crippen LogP contribution in [0.4, 0.5) is 0 Å². The van der Waals surface area contributed by atoms with Gasteiger partial charge in [0.2, 0.25) is 0 Å². The number of nitrogens with one attached hydrogen (secondary N) is 1. The molecule has 8 heavy (non-hydrogen) atoms. The van der Waals surface area contributed by atoms with E-state index >= 15 is 0 Å². The van der Waals surface area contributed by atoms with Gasteiger partial charge in [-0.1, -0.05) is 29.8 Å². The van der Waals surface area contributed by atoms with E-state index in [1.54, 1.807) is 0 Å². The summed E-state index contributed by atoms with van der Waals surface area (Å²) in [5, 5.41) is 4.19. The van der Waals surface area contributed by atoms with Crippen LogP contribution < -0.4 is 5.32 Å². The summed E-state index contributed by atoms with van der Waals surface area (Å²) in [6.07, 6.45) is 0. The summed E-state index contributed by atoms with van der Waals surface area (Å²) in [7, 11) is 1.98. The Hall–Kier alpha value is 0.440. The molecule has 0 unspecified atom stereocenters. The van der Waals surface area contributed by atoms with Crippen molar-refractivity contribution in [1.29, 1.82) is 0 Å². The van der Waals surface area contributed by atoms with Crippen LogP contribution in [0.15, 0.2) is 0 Å². The van der Waals surface area contributed by atoms with Crippen LogP contribution in [-0.4, -0.2) is 18.9 Å². The fourth-order valence-electron chi connectivity index (χ4n) is 0.526. The highest BCUT2D eigenvalue weighted by atomic mass is 79.9. The van der Waals surface area contributed by atoms with Crippen molar-refractivity contribution in [3.05, 3.63) is 0 Å². The zero-order valence-corrected chi connectivity index (χ0v) is 7.38. The van der Waals surface area contributed by atoms with Crippen molar-refractivity contribution in [2.24, 2.45) is 5.41 Å². The smallest absolute Gasteiger partial charge is 0.00948 e. The molecule has 0 aliphatic heterocycles. The summed E-state index contributed by atoms with van der Waals surface area (Å²) in [6.45, 7) is 5.51. The summed E-state index contributed by atoms with van der Waals surface area (Å²) < 4.78 is 0. The first kappa shape index (κ1) is 8.44. The molecular weight excluding hydrogens is 166 g/mol. The van der Waals surface area contributed by atoms with Crippen LogP contribution in [0.5, 0.6) is 0 Å². The van der Waals surface area contributed by atoms with Crippen molar-refractivity contribution in [2.75, 3.05) is 18.9 Å². The van der Waals surface area contributed by atoms with E-state index in [0.717, 1.165) is 11.9 Å². The van der Waals surface area contributed by atoms with Crippen molar-refractivity contribution >= 4 is 15.9 Å². The van der Waals surface area contributed by atoms with Crippen LogP contribution in [0.2, 0.25) is 0 Å². The van der Waals surface area contributed by atoms with Crippen LogP contribution in [0.1, 0.15) is 13.8 Å². The monoisotopic (exact) mass is 179 g/mol. The average Bonchev–Trinajstić information content (AvgIpc) is 1.67. The predicted molar refractivity (Wildman–Crippen MR) is 41.5 cm³/mol. The molecule has 0 saturated carbocycles. The van der Waals surface area contributed by atoms with Gasteiger partial charge in [-0.05, 0) is 12.5 Å². The van der Waals surface area contributed by atoms with Crippen LogP contribution in [0, 0.1) is 5.41 Å². The lowest BCUT2D eigenvalue weighted by molar-refractivity contribution is 0.407. The largest absolute Gasteiger partial charge is 0.319 e. The molecule has 0 atom stereocenters. The van der Waals surface area contributed by atoms with Gasteiger partial charge in [0.25, 0.3) is 0 Å². The van der Waals surface area contributed by atoms with E-state index in [2.05, 4.69) is 35.1 Å². The molecule has 0 saturated heterocycles. The lowest BCUT2D eigenvalue weighted by Crippen LogP contribution is -2.27. The number of alkyl halides is 1. The molecule has 0 aromatic carbocycles. The maximum absolute atomic E-state index is 3.43. The molecule has 0 heterocycles. The lowest BCUT2D eigenvalue weighted by atomic mass is 9.97. The standard InChI is InChI=1S/C6H14BrN/c1-6(2,4-7)5-8-3/h8H,4-5H2,1-3H3. The van der Waals surface area contributed by atoms with Gasteiger partial charge in [0, 0.05) is 11.9 Å². The second kappa shape index (κ2) is 3.46. The third kappa shape index (κ3) is 3.44. The van der Waals surface area contributed by atoms with Gasteiger partial charge in [0.15, 0.2) is 0 Å². The number of hydrogen-bond acceptors (Lipinski definition) is 1. The number of hydrogen-bond donors (Lipinski definition) is 1. The molecule has 0 amide bonds. The van der Waals surface area contributed by atoms with Crippen molar-refractivity contribution < 1.29 is 0 Å². The molecule has 0 radical (unpaired) electrons. The average molecular weight is 180 g/mol. The van der Waals surface area contributed by atoms with E-state index in [1.807, 2.05) is 7.05 Å². The van der Waals surface area contributed by atoms with Gasteiger partial charge in [-0.15, -0.1) is 0 Å². The van der Waals surface area contributed by atoms with Gasteiger partial charge in [0.1, 0.15) is 0 Å². The number of halogens is 1. The van der Waals surface area contributed by atoms with E-state index in [9.17, 15) is 0 Å². The third-order valence-corrected chi connectivity index (χ3v) is 2.54. The Morgan fingerprint density at radius 2 is 2.00 bits per heavy atom. The molecular formula is C6H14BrN. The Balaban J connectivity index is 3.37. The topological polar surface area (TPSA) is 12.0 Å². The van der Waals surface area contributed by atoms with Crippen LogP contribution >= 0.6 is 15.9 Å². The zero-order chi connectivity index (χ0) is 6.62. The Morgan fingerprint density at radius 3 is 2.12 bits per heavy atom. The van der Waals surface area contributed by atoms with E-state index < -0.39 is 0 Å². The Labute approximate surface area is 60.0 Å². The fraction of sp³-hybridized carbons (Fsp3) is 1.00. The third-order valence-electron chi connectivity index (χ3n) is 1.02. The van der Waals surface area contributed by atoms with Crippen molar-refractivity contribution in [3.63, 3.8) is 0 Å². The minimum Gasteiger partial charge on any atom is -0.319 e. The first-order valence-corrected chi connectivity index (χ1v) is 3.95. The molecule has 0 aliphatic carbocycles. The summed E-state index contributed by atoms with van der Waals surface area (Å²) in [5.74, 6) is 0. The second-order valence-electron chi connectivity index (χ2n) is 2.83. The second-order valence-corrected chi connectivity index (χ2v) is 3.39. The highest BCUT2D eigenvalue weighted by Crippen LogP contribution is 2.15. The maximum atomic E-state index is 3.43. The molecule has 50 valence electrons. The van der Waals surface area contributed by atoms with Crippen LogP contribution in [0.25, 0.3) is 0 Å². The van der Waals surface area contributed by atoms with E-state index in [-0.39, 0.29) is 0 Å². The van der Waals surface area contributed by atoms with Gasteiger partial charge in [0.05, 0.1) is 0 Å². The van der Waals surface area contributed by atoms with Gasteiger partial charge in [-0.3, -0.25) is 0 Å². The minimum atomic E-state index is 0.398. The molecule has 0 bridgehead atoms. The zero-order valence-electron chi connectivity index (χ0n) is 5.79. The molecule has 2 heteroatoms. The van der Waals surface area contributed by atoms with Crippen LogP contribution in [0.3, 0.4) is 0 Å². The first-order valence-electron chi connectivity index (χ1n) is 2.83. The number of rotatable bonds is 3. The molecule has 0 rings (SSSR count). The summed E-state index contributed by atoms with van der Waals surface area (Å²) >= 11 is 3.43. The van der Waals surface area contributed by atoms with Gasteiger partial charge < -0.3 is 5.32 Å². The lowest BCUT2D eigenvalue weighted by Gasteiger charge is -2.20. The maximum Gasteiger partial charge on any atom is 0.00948 e. The van der Waals surface area contributed by atoms with Crippen molar-refractivity contribution in [3.8, 4) is 0 Å². The normalized spacial score (nSPS) is 12.0. The predicted octanol–water partition coefficient (Wildman–Crippen LogP) is 1.63. The Bertz CT molecular complexity index is 61.5. The van der Waals surface area contributed by atoms with Gasteiger partial charge >= 0.3 is 0 Å². The minimum absolute atomic E-state index is 0.398. The highest BCUT2D eigenvalue weighted by molar-refractivity contribution is 9.09. The Kier molecular flexibility index (Phi) is 3.65. The first-order chi connectivity index (χ1) is 3.62. The Morgan fingerprint density at radius 1 is 1.50 bits per heavy atom. The molecule has 0 fully saturated rings. The molecule has 0 aliphatic rings. The van der Waals surface area contributed by atoms with E-state index in [4.69, 9.17) is 0 Å². The highest BCUT2D eigenvalue weighted by Gasteiger charge is 2.13. The molecule has 0 aromatic rings. The molecule has 1 N–H and O–H groups in total. The van der Waals surface area contributed by atoms with Gasteiger partial charge in [-0.2, -0.15) is 0 Å². The molecule has 1 nitrogen and oxygen atoms in total. The van der Waals surface area contributed by atoms with Gasteiger partial charge in [-0.25, -0.2) is 0 Å². The molecule has 0 aromatic heterocycles. The quantitative estimate of drug-likeness (QED) is 0.651. The van der Waals surface area contributed by atoms with Crippen molar-refractivity contribution in [2.45, 2.75) is 13.8 Å². The van der Waals surface area contributed by atoms with Crippen LogP contribution in [-0.2, 0) is 0 Å². The van der Waals surface area contributed by atoms with Crippen molar-refractivity contribution in [1.82, 2.24) is 5.32 Å². The summed E-state index contributed by atoms with van der Waals surface area (Å²) in [5.41, 5.74) is 0.398. The van der Waals surface area contributed by atoms with E-state index in [1.165, 1.54) is 0 Å². The summed E-state index contributed by atoms with van der Waals surface area (Å²) in [6, 6.07) is 0. The summed E-state index contributed by atoms with van der Waals surface area (Å²) in [4.78, 5) is 0. The fourth-order valence-corrected chi connectivity index (χ4v) is 0.724. The SMILES string of the molecule is CNCC(C)(C)CBr. The molecule has 0 spiro atoms.